The molecule has 0 aliphatic rings. The second kappa shape index (κ2) is 7.10. The highest BCUT2D eigenvalue weighted by Gasteiger charge is 2.21. The van der Waals surface area contributed by atoms with Crippen LogP contribution in [0.2, 0.25) is 0 Å². The first-order chi connectivity index (χ1) is 11.7. The van der Waals surface area contributed by atoms with E-state index in [0.717, 1.165) is 5.56 Å². The number of ether oxygens (including phenoxy) is 1. The van der Waals surface area contributed by atoms with Gasteiger partial charge in [-0.15, -0.1) is 0 Å². The van der Waals surface area contributed by atoms with Crippen molar-refractivity contribution in [2.45, 2.75) is 31.6 Å². The molecular weight excluding hydrogens is 344 g/mol. The van der Waals surface area contributed by atoms with Gasteiger partial charge in [-0.25, -0.2) is 8.42 Å². The summed E-state index contributed by atoms with van der Waals surface area (Å²) in [5.41, 5.74) is 1.25. The molecule has 0 fully saturated rings. The number of non-ortho nitro benzene ring substituents is 1. The monoisotopic (exact) mass is 364 g/mol. The topological polar surface area (TPSA) is 98.5 Å². The number of nitro groups is 1. The lowest BCUT2D eigenvalue weighted by Crippen LogP contribution is -2.15. The lowest BCUT2D eigenvalue weighted by molar-refractivity contribution is -0.384. The van der Waals surface area contributed by atoms with E-state index in [-0.39, 0.29) is 22.2 Å². The van der Waals surface area contributed by atoms with E-state index in [2.05, 4.69) is 4.72 Å². The second-order valence-corrected chi connectivity index (χ2v) is 7.58. The number of nitro benzene ring substituents is 1. The number of anilines is 1. The Kier molecular flexibility index (Phi) is 5.32. The smallest absolute Gasteiger partial charge is 0.271 e. The first-order valence-electron chi connectivity index (χ1n) is 7.61. The van der Waals surface area contributed by atoms with Crippen molar-refractivity contribution in [3.8, 4) is 5.75 Å². The second-order valence-electron chi connectivity index (χ2n) is 5.93. The minimum atomic E-state index is -3.90. The summed E-state index contributed by atoms with van der Waals surface area (Å²) in [4.78, 5) is 10.4. The third-order valence-electron chi connectivity index (χ3n) is 3.75. The highest BCUT2D eigenvalue weighted by molar-refractivity contribution is 7.92. The lowest BCUT2D eigenvalue weighted by atomic mass is 10.0. The van der Waals surface area contributed by atoms with Gasteiger partial charge in [-0.05, 0) is 42.2 Å². The molecular formula is C17H20N2O5S. The minimum absolute atomic E-state index is 0.0716. The Balaban J connectivity index is 2.48. The van der Waals surface area contributed by atoms with E-state index < -0.39 is 14.9 Å². The molecule has 0 atom stereocenters. The first-order valence-corrected chi connectivity index (χ1v) is 9.10. The van der Waals surface area contributed by atoms with E-state index in [1.54, 1.807) is 19.1 Å². The predicted molar refractivity (Wildman–Crippen MR) is 95.7 cm³/mol. The number of hydrogen-bond donors (Lipinski definition) is 1. The zero-order chi connectivity index (χ0) is 18.8. The fourth-order valence-corrected chi connectivity index (χ4v) is 3.80. The van der Waals surface area contributed by atoms with Crippen LogP contribution in [0.3, 0.4) is 0 Å². The van der Waals surface area contributed by atoms with Crippen molar-refractivity contribution < 1.29 is 18.1 Å². The molecule has 0 spiro atoms. The fraction of sp³-hybridized carbons (Fsp3) is 0.294. The van der Waals surface area contributed by atoms with Crippen LogP contribution in [0.4, 0.5) is 11.4 Å². The average molecular weight is 364 g/mol. The molecule has 7 nitrogen and oxygen atoms in total. The van der Waals surface area contributed by atoms with Crippen molar-refractivity contribution in [3.63, 3.8) is 0 Å². The van der Waals surface area contributed by atoms with Crippen molar-refractivity contribution >= 4 is 21.4 Å². The molecule has 0 heterocycles. The van der Waals surface area contributed by atoms with Crippen LogP contribution in [-0.2, 0) is 10.0 Å². The van der Waals surface area contributed by atoms with Crippen LogP contribution in [0.25, 0.3) is 0 Å². The van der Waals surface area contributed by atoms with Crippen LogP contribution in [0.15, 0.2) is 41.3 Å². The Morgan fingerprint density at radius 2 is 1.88 bits per heavy atom. The summed E-state index contributed by atoms with van der Waals surface area (Å²) in [5.74, 6) is 0.698. The molecule has 0 unspecified atom stereocenters. The van der Waals surface area contributed by atoms with Crippen LogP contribution >= 0.6 is 0 Å². The highest BCUT2D eigenvalue weighted by atomic mass is 32.2. The van der Waals surface area contributed by atoms with Crippen molar-refractivity contribution in [1.29, 1.82) is 0 Å². The van der Waals surface area contributed by atoms with Gasteiger partial charge in [-0.2, -0.15) is 0 Å². The zero-order valence-corrected chi connectivity index (χ0v) is 15.3. The van der Waals surface area contributed by atoms with Crippen LogP contribution in [0.1, 0.15) is 30.9 Å². The maximum absolute atomic E-state index is 12.8. The zero-order valence-electron chi connectivity index (χ0n) is 14.4. The SMILES string of the molecule is COc1cc(C)c(S(=O)(=O)Nc2cccc([N+](=O)[O-])c2)cc1C(C)C. The van der Waals surface area contributed by atoms with Gasteiger partial charge in [0.05, 0.1) is 22.6 Å². The summed E-state index contributed by atoms with van der Waals surface area (Å²) in [7, 11) is -2.36. The van der Waals surface area contributed by atoms with Gasteiger partial charge < -0.3 is 4.74 Å². The van der Waals surface area contributed by atoms with E-state index in [9.17, 15) is 18.5 Å². The Hall–Kier alpha value is -2.61. The van der Waals surface area contributed by atoms with Crippen molar-refractivity contribution in [3.05, 3.63) is 57.6 Å². The van der Waals surface area contributed by atoms with Gasteiger partial charge in [-0.1, -0.05) is 19.9 Å². The number of rotatable bonds is 6. The van der Waals surface area contributed by atoms with Gasteiger partial charge in [0.15, 0.2) is 0 Å². The molecule has 25 heavy (non-hydrogen) atoms. The minimum Gasteiger partial charge on any atom is -0.496 e. The first kappa shape index (κ1) is 18.7. The van der Waals surface area contributed by atoms with E-state index in [4.69, 9.17) is 4.74 Å². The molecule has 0 amide bonds. The Labute approximate surface area is 146 Å². The predicted octanol–water partition coefficient (Wildman–Crippen LogP) is 3.84. The normalized spacial score (nSPS) is 11.4. The van der Waals surface area contributed by atoms with E-state index in [1.165, 1.54) is 31.4 Å². The molecule has 1 N–H and O–H groups in total. The summed E-state index contributed by atoms with van der Waals surface area (Å²) < 4.78 is 33.2. The van der Waals surface area contributed by atoms with Crippen LogP contribution in [0.5, 0.6) is 5.75 Å². The Bertz CT molecular complexity index is 907. The summed E-state index contributed by atoms with van der Waals surface area (Å²) in [6.07, 6.45) is 0. The molecule has 2 aromatic rings. The molecule has 0 aliphatic carbocycles. The third kappa shape index (κ3) is 4.08. The van der Waals surface area contributed by atoms with Crippen molar-refractivity contribution in [2.24, 2.45) is 0 Å². The number of nitrogens with one attached hydrogen (secondary N) is 1. The standard InChI is InChI=1S/C17H20N2O5S/c1-11(2)15-10-17(12(3)8-16(15)24-4)25(22,23)18-13-6-5-7-14(9-13)19(20)21/h5-11,18H,1-4H3. The number of aryl methyl sites for hydroxylation is 1. The molecule has 0 radical (unpaired) electrons. The van der Waals surface area contributed by atoms with E-state index in [0.29, 0.717) is 11.3 Å². The molecule has 8 heteroatoms. The molecule has 0 aromatic heterocycles. The molecule has 0 saturated carbocycles. The lowest BCUT2D eigenvalue weighted by Gasteiger charge is -2.17. The molecule has 2 rings (SSSR count). The molecule has 0 aliphatic heterocycles. The summed E-state index contributed by atoms with van der Waals surface area (Å²) in [6, 6.07) is 8.63. The quantitative estimate of drug-likeness (QED) is 0.620. The van der Waals surface area contributed by atoms with Gasteiger partial charge in [0.25, 0.3) is 15.7 Å². The highest BCUT2D eigenvalue weighted by Crippen LogP contribution is 2.32. The Morgan fingerprint density at radius 3 is 2.44 bits per heavy atom. The van der Waals surface area contributed by atoms with E-state index >= 15 is 0 Å². The van der Waals surface area contributed by atoms with Crippen molar-refractivity contribution in [2.75, 3.05) is 11.8 Å². The summed E-state index contributed by atoms with van der Waals surface area (Å²) in [6.45, 7) is 5.56. The largest absolute Gasteiger partial charge is 0.496 e. The Morgan fingerprint density at radius 1 is 1.20 bits per heavy atom. The van der Waals surface area contributed by atoms with Gasteiger partial charge in [0, 0.05) is 12.1 Å². The van der Waals surface area contributed by atoms with Crippen molar-refractivity contribution in [1.82, 2.24) is 0 Å². The summed E-state index contributed by atoms with van der Waals surface area (Å²) >= 11 is 0. The molecule has 0 bridgehead atoms. The summed E-state index contributed by atoms with van der Waals surface area (Å²) in [5, 5.41) is 10.8. The fourth-order valence-electron chi connectivity index (χ4n) is 2.49. The maximum Gasteiger partial charge on any atom is 0.271 e. The van der Waals surface area contributed by atoms with Gasteiger partial charge in [-0.3, -0.25) is 14.8 Å². The number of methoxy groups -OCH3 is 1. The number of benzene rings is 2. The molecule has 134 valence electrons. The van der Waals surface area contributed by atoms with Crippen LogP contribution in [0, 0.1) is 17.0 Å². The van der Waals surface area contributed by atoms with Gasteiger partial charge >= 0.3 is 0 Å². The number of nitrogens with zero attached hydrogens (tertiary/aromatic N) is 1. The van der Waals surface area contributed by atoms with Gasteiger partial charge in [0.1, 0.15) is 5.75 Å². The van der Waals surface area contributed by atoms with E-state index in [1.807, 2.05) is 13.8 Å². The average Bonchev–Trinajstić information content (AvgIpc) is 2.53. The number of sulfonamides is 1. The van der Waals surface area contributed by atoms with Crippen LogP contribution in [-0.4, -0.2) is 20.5 Å². The van der Waals surface area contributed by atoms with Gasteiger partial charge in [0.2, 0.25) is 0 Å². The maximum atomic E-state index is 12.8. The van der Waals surface area contributed by atoms with Crippen LogP contribution < -0.4 is 9.46 Å². The number of hydrogen-bond acceptors (Lipinski definition) is 5. The molecule has 2 aromatic carbocycles. The third-order valence-corrected chi connectivity index (χ3v) is 5.27. The molecule has 0 saturated heterocycles.